The van der Waals surface area contributed by atoms with Crippen molar-refractivity contribution in [3.05, 3.63) is 29.8 Å². The molecule has 2 aromatic heterocycles. The van der Waals surface area contributed by atoms with Gasteiger partial charge < -0.3 is 24.8 Å². The fourth-order valence-electron chi connectivity index (χ4n) is 3.63. The first-order chi connectivity index (χ1) is 15.5. The molecule has 3 aliphatic rings. The molecule has 1 saturated heterocycles. The first kappa shape index (κ1) is 22.6. The van der Waals surface area contributed by atoms with Crippen LogP contribution in [0.4, 0.5) is 11.5 Å². The molecule has 0 amide bonds. The molecule has 4 N–H and O–H groups in total. The monoisotopic (exact) mass is 462 g/mol. The van der Waals surface area contributed by atoms with E-state index >= 15 is 0 Å². The maximum atomic E-state index is 12.6. The molecule has 2 aromatic rings. The molecule has 2 unspecified atom stereocenters. The number of ether oxygens (including phenoxy) is 2. The molecule has 0 radical (unpaired) electrons. The van der Waals surface area contributed by atoms with E-state index in [1.165, 1.54) is 18.6 Å². The number of piperidine rings is 1. The number of fused-ring (bicyclic) bond motifs is 6. The van der Waals surface area contributed by atoms with Crippen LogP contribution in [0.2, 0.25) is 0 Å². The Hall–Kier alpha value is -2.63. The zero-order valence-corrected chi connectivity index (χ0v) is 18.9. The van der Waals surface area contributed by atoms with Gasteiger partial charge >= 0.3 is 0 Å². The van der Waals surface area contributed by atoms with Gasteiger partial charge in [-0.05, 0) is 45.0 Å². The predicted octanol–water partition coefficient (Wildman–Crippen LogP) is 0.714. The normalized spacial score (nSPS) is 21.1. The van der Waals surface area contributed by atoms with Gasteiger partial charge in [0.1, 0.15) is 24.3 Å². The van der Waals surface area contributed by atoms with Gasteiger partial charge in [-0.15, -0.1) is 5.12 Å². The number of anilines is 2. The van der Waals surface area contributed by atoms with Gasteiger partial charge in [0.2, 0.25) is 11.6 Å². The Bertz CT molecular complexity index is 988. The van der Waals surface area contributed by atoms with Crippen molar-refractivity contribution in [2.75, 3.05) is 36.6 Å². The Morgan fingerprint density at radius 2 is 2.06 bits per heavy atom. The maximum Gasteiger partial charge on any atom is 0.262 e. The van der Waals surface area contributed by atoms with E-state index in [1.807, 2.05) is 0 Å². The molecule has 2 atom stereocenters. The van der Waals surface area contributed by atoms with E-state index in [-0.39, 0.29) is 36.1 Å². The molecule has 0 saturated carbocycles. The van der Waals surface area contributed by atoms with Crippen molar-refractivity contribution in [1.29, 1.82) is 0 Å². The van der Waals surface area contributed by atoms with Crippen molar-refractivity contribution in [3.63, 3.8) is 0 Å². The standard InChI is InChI=1S/C19H27N8O4P/c1-12-15-4-3-14(24-12)16(28)7-10-32(29)25-27(15)26(20)18-17(30-2)19(23-11-22-18)31-13-5-8-21-9-6-13/h3-4,11,13,16,21,28H,5-10,20H2,1-2H3. The average Bonchev–Trinajstić information content (AvgIpc) is 2.81. The summed E-state index contributed by atoms with van der Waals surface area (Å²) in [5, 5.41) is 16.0. The number of pyridine rings is 1. The molecule has 5 rings (SSSR count). The van der Waals surface area contributed by atoms with E-state index < -0.39 is 14.0 Å². The topological polar surface area (TPSA) is 157 Å². The van der Waals surface area contributed by atoms with Crippen LogP contribution in [-0.4, -0.2) is 52.5 Å². The zero-order chi connectivity index (χ0) is 22.7. The number of aliphatic hydroxyl groups excluding tert-OH is 1. The van der Waals surface area contributed by atoms with Crippen molar-refractivity contribution in [2.24, 2.45) is 10.7 Å². The van der Waals surface area contributed by atoms with Crippen molar-refractivity contribution < 1.29 is 19.5 Å². The van der Waals surface area contributed by atoms with Crippen LogP contribution in [0.15, 0.2) is 23.3 Å². The number of aromatic nitrogens is 3. The molecule has 3 aliphatic heterocycles. The van der Waals surface area contributed by atoms with Gasteiger partial charge in [0, 0.05) is 11.3 Å². The highest BCUT2D eigenvalue weighted by Crippen LogP contribution is 2.37. The minimum Gasteiger partial charge on any atom is -0.610 e. The van der Waals surface area contributed by atoms with E-state index in [0.717, 1.165) is 31.0 Å². The summed E-state index contributed by atoms with van der Waals surface area (Å²) in [6.07, 6.45) is 2.69. The summed E-state index contributed by atoms with van der Waals surface area (Å²) in [4.78, 5) is 29.9. The Morgan fingerprint density at radius 3 is 2.78 bits per heavy atom. The van der Waals surface area contributed by atoms with Gasteiger partial charge in [-0.3, -0.25) is 4.98 Å². The van der Waals surface area contributed by atoms with Gasteiger partial charge in [0.15, 0.2) is 7.94 Å². The zero-order valence-electron chi connectivity index (χ0n) is 18.0. The summed E-state index contributed by atoms with van der Waals surface area (Å²) in [5.74, 6) is 7.14. The van der Waals surface area contributed by atoms with Gasteiger partial charge in [-0.2, -0.15) is 10.1 Å². The van der Waals surface area contributed by atoms with Crippen LogP contribution < -0.4 is 35.8 Å². The van der Waals surface area contributed by atoms with Crippen LogP contribution in [-0.2, 0) is 0 Å². The number of rotatable bonds is 5. The second kappa shape index (κ2) is 9.88. The first-order valence-corrected chi connectivity index (χ1v) is 11.8. The first-order valence-electron chi connectivity index (χ1n) is 10.4. The largest absolute Gasteiger partial charge is 0.610 e. The third-order valence-corrected chi connectivity index (χ3v) is 6.37. The number of nitrogens with one attached hydrogen (secondary N) is 1. The lowest BCUT2D eigenvalue weighted by Gasteiger charge is -2.30. The molecule has 1 fully saturated rings. The molecular weight excluding hydrogens is 435 g/mol. The lowest BCUT2D eigenvalue weighted by molar-refractivity contribution is -0.156. The molecule has 0 aliphatic carbocycles. The predicted molar refractivity (Wildman–Crippen MR) is 117 cm³/mol. The average molecular weight is 462 g/mol. The molecule has 5 heterocycles. The minimum atomic E-state index is -2.05. The fraction of sp³-hybridized carbons (Fsp3) is 0.526. The number of hydrogen-bond donors (Lipinski definition) is 3. The maximum absolute atomic E-state index is 12.6. The van der Waals surface area contributed by atoms with E-state index in [9.17, 15) is 10.00 Å². The highest BCUT2D eigenvalue weighted by Gasteiger charge is 2.29. The SMILES string of the molecule is COc1c(OC2CCNCC2)ncnc1N(N)N1/N=[P+](\[O-])CCC(O)c2ccc1c(C)n2. The van der Waals surface area contributed by atoms with Crippen molar-refractivity contribution >= 4 is 19.4 Å². The quantitative estimate of drug-likeness (QED) is 0.326. The molecular formula is C19H27N8O4P. The smallest absolute Gasteiger partial charge is 0.262 e. The summed E-state index contributed by atoms with van der Waals surface area (Å²) in [6, 6.07) is 3.42. The Labute approximate surface area is 186 Å². The molecule has 13 heteroatoms. The number of methoxy groups -OCH3 is 1. The molecule has 0 aromatic carbocycles. The van der Waals surface area contributed by atoms with Crippen LogP contribution in [0.25, 0.3) is 0 Å². The molecule has 172 valence electrons. The highest BCUT2D eigenvalue weighted by atomic mass is 31.1. The van der Waals surface area contributed by atoms with Crippen LogP contribution in [0, 0.1) is 6.92 Å². The van der Waals surface area contributed by atoms with Gasteiger partial charge in [-0.1, -0.05) is 0 Å². The Morgan fingerprint density at radius 1 is 1.28 bits per heavy atom. The van der Waals surface area contributed by atoms with Gasteiger partial charge in [0.05, 0.1) is 24.6 Å². The Kier molecular flexibility index (Phi) is 6.97. The van der Waals surface area contributed by atoms with Gasteiger partial charge in [0.25, 0.3) is 5.88 Å². The summed E-state index contributed by atoms with van der Waals surface area (Å²) in [6.45, 7) is 3.49. The van der Waals surface area contributed by atoms with Crippen molar-refractivity contribution in [2.45, 2.75) is 38.4 Å². The number of aliphatic hydroxyl groups is 1. The van der Waals surface area contributed by atoms with Crippen LogP contribution in [0.3, 0.4) is 0 Å². The van der Waals surface area contributed by atoms with Crippen LogP contribution >= 0.6 is 7.94 Å². The lowest BCUT2D eigenvalue weighted by Crippen LogP contribution is -2.46. The summed E-state index contributed by atoms with van der Waals surface area (Å²) in [5.41, 5.74) is 1.57. The number of hydrogen-bond acceptors (Lipinski definition) is 12. The fourth-order valence-corrected chi connectivity index (χ4v) is 4.56. The second-order valence-electron chi connectivity index (χ2n) is 7.55. The third-order valence-electron chi connectivity index (χ3n) is 5.36. The van der Waals surface area contributed by atoms with Crippen LogP contribution in [0.1, 0.15) is 36.8 Å². The molecule has 0 spiro atoms. The number of nitrogens with zero attached hydrogens (tertiary/aromatic N) is 6. The van der Waals surface area contributed by atoms with Gasteiger partial charge in [-0.25, -0.2) is 10.8 Å². The summed E-state index contributed by atoms with van der Waals surface area (Å²) >= 11 is 0. The number of hydrazine groups is 2. The third kappa shape index (κ3) is 4.74. The molecule has 2 bridgehead atoms. The summed E-state index contributed by atoms with van der Waals surface area (Å²) in [7, 11) is -0.565. The van der Waals surface area contributed by atoms with E-state index in [0.29, 0.717) is 17.1 Å². The number of aryl methyl sites for hydroxylation is 1. The van der Waals surface area contributed by atoms with Crippen molar-refractivity contribution in [1.82, 2.24) is 20.3 Å². The highest BCUT2D eigenvalue weighted by molar-refractivity contribution is 7.39. The second-order valence-corrected chi connectivity index (χ2v) is 8.88. The van der Waals surface area contributed by atoms with E-state index in [4.69, 9.17) is 15.3 Å². The minimum absolute atomic E-state index is 0.00216. The molecule has 32 heavy (non-hydrogen) atoms. The summed E-state index contributed by atoms with van der Waals surface area (Å²) < 4.78 is 11.6. The Balaban J connectivity index is 1.71. The molecule has 12 nitrogen and oxygen atoms in total. The van der Waals surface area contributed by atoms with E-state index in [2.05, 4.69) is 25.1 Å². The number of nitrogens with two attached hydrogens (primary N) is 1. The van der Waals surface area contributed by atoms with Crippen molar-refractivity contribution in [3.8, 4) is 11.6 Å². The lowest BCUT2D eigenvalue weighted by atomic mass is 10.1. The van der Waals surface area contributed by atoms with Crippen LogP contribution in [0.5, 0.6) is 11.6 Å². The van der Waals surface area contributed by atoms with E-state index in [1.54, 1.807) is 19.1 Å².